The Morgan fingerprint density at radius 2 is 2.06 bits per heavy atom. The van der Waals surface area contributed by atoms with Crippen molar-refractivity contribution < 1.29 is 9.53 Å². The second-order valence-electron chi connectivity index (χ2n) is 6.28. The average Bonchev–Trinajstić information content (AvgIpc) is 2.60. The second kappa shape index (κ2) is 5.03. The third kappa shape index (κ3) is 3.19. The van der Waals surface area contributed by atoms with Crippen LogP contribution in [0.25, 0.3) is 0 Å². The van der Waals surface area contributed by atoms with Gasteiger partial charge in [-0.05, 0) is 36.5 Å². The highest BCUT2D eigenvalue weighted by Gasteiger charge is 2.37. The molecule has 16 heavy (non-hydrogen) atoms. The normalized spacial score (nSPS) is 22.4. The van der Waals surface area contributed by atoms with Crippen molar-refractivity contribution in [2.24, 2.45) is 5.92 Å². The lowest BCUT2D eigenvalue weighted by Gasteiger charge is -2.37. The summed E-state index contributed by atoms with van der Waals surface area (Å²) in [6.45, 7) is 12.3. The minimum Gasteiger partial charge on any atom is -0.416 e. The van der Waals surface area contributed by atoms with Gasteiger partial charge in [0.05, 0.1) is 6.61 Å². The Bertz CT molecular complexity index is 264. The molecule has 0 saturated heterocycles. The topological polar surface area (TPSA) is 29.5 Å². The van der Waals surface area contributed by atoms with Crippen LogP contribution in [0.4, 0.5) is 0 Å². The summed E-state index contributed by atoms with van der Waals surface area (Å²) < 4.78 is 6.20. The zero-order valence-electron chi connectivity index (χ0n) is 11.3. The zero-order chi connectivity index (χ0) is 12.4. The number of aliphatic hydroxyl groups is 1. The van der Waals surface area contributed by atoms with Gasteiger partial charge < -0.3 is 9.53 Å². The molecule has 94 valence electrons. The van der Waals surface area contributed by atoms with E-state index in [1.807, 2.05) is 0 Å². The van der Waals surface area contributed by atoms with Crippen LogP contribution in [0.1, 0.15) is 33.6 Å². The van der Waals surface area contributed by atoms with Crippen LogP contribution in [-0.2, 0) is 4.43 Å². The molecule has 1 aliphatic carbocycles. The summed E-state index contributed by atoms with van der Waals surface area (Å²) in [6, 6.07) is 0. The minimum atomic E-state index is -1.62. The molecule has 1 rings (SSSR count). The molecule has 1 N–H and O–H groups in total. The number of aliphatic hydroxyl groups excluding tert-OH is 1. The molecule has 0 aromatic carbocycles. The average molecular weight is 242 g/mol. The molecule has 0 radical (unpaired) electrons. The molecule has 0 aromatic heterocycles. The first-order chi connectivity index (χ1) is 7.28. The lowest BCUT2D eigenvalue weighted by molar-refractivity contribution is 0.229. The summed E-state index contributed by atoms with van der Waals surface area (Å²) in [6.07, 6.45) is 4.41. The Labute approximate surface area is 101 Å². The van der Waals surface area contributed by atoms with Gasteiger partial charge in [0.2, 0.25) is 0 Å². The van der Waals surface area contributed by atoms with Gasteiger partial charge in [-0.1, -0.05) is 26.8 Å². The van der Waals surface area contributed by atoms with Gasteiger partial charge in [0.1, 0.15) is 0 Å². The maximum Gasteiger partial charge on any atom is 0.192 e. The van der Waals surface area contributed by atoms with E-state index in [9.17, 15) is 5.11 Å². The maximum atomic E-state index is 9.21. The quantitative estimate of drug-likeness (QED) is 0.605. The van der Waals surface area contributed by atoms with Gasteiger partial charge in [-0.15, -0.1) is 0 Å². The lowest BCUT2D eigenvalue weighted by Crippen LogP contribution is -2.42. The van der Waals surface area contributed by atoms with Crippen molar-refractivity contribution in [1.29, 1.82) is 0 Å². The summed E-state index contributed by atoms with van der Waals surface area (Å²) in [5, 5.41) is 9.49. The van der Waals surface area contributed by atoms with Gasteiger partial charge in [-0.25, -0.2) is 0 Å². The lowest BCUT2D eigenvalue weighted by atomic mass is 10.0. The van der Waals surface area contributed by atoms with Gasteiger partial charge in [0.25, 0.3) is 0 Å². The SMILES string of the molecule is CC(C)(C)[Si](C)(C)OCC1CCC=C1CO. The molecule has 1 atom stereocenters. The number of rotatable bonds is 4. The molecule has 0 bridgehead atoms. The Balaban J connectivity index is 2.49. The van der Waals surface area contributed by atoms with Crippen LogP contribution in [0, 0.1) is 5.92 Å². The molecule has 1 aliphatic rings. The first-order valence-electron chi connectivity index (χ1n) is 6.21. The first kappa shape index (κ1) is 13.9. The van der Waals surface area contributed by atoms with E-state index in [-0.39, 0.29) is 11.6 Å². The fourth-order valence-corrected chi connectivity index (χ4v) is 2.78. The third-order valence-electron chi connectivity index (χ3n) is 4.08. The van der Waals surface area contributed by atoms with Gasteiger partial charge in [-0.3, -0.25) is 0 Å². The summed E-state index contributed by atoms with van der Waals surface area (Å²) in [4.78, 5) is 0. The van der Waals surface area contributed by atoms with E-state index in [4.69, 9.17) is 4.43 Å². The molecule has 0 saturated carbocycles. The van der Waals surface area contributed by atoms with Crippen molar-refractivity contribution >= 4 is 8.32 Å². The van der Waals surface area contributed by atoms with Crippen molar-refractivity contribution in [3.8, 4) is 0 Å². The molecule has 0 fully saturated rings. The van der Waals surface area contributed by atoms with E-state index < -0.39 is 8.32 Å². The van der Waals surface area contributed by atoms with Crippen LogP contribution in [0.15, 0.2) is 11.6 Å². The molecule has 0 aliphatic heterocycles. The minimum absolute atomic E-state index is 0.200. The van der Waals surface area contributed by atoms with Gasteiger partial charge in [0, 0.05) is 12.5 Å². The summed E-state index contributed by atoms with van der Waals surface area (Å²) in [5.41, 5.74) is 1.18. The van der Waals surface area contributed by atoms with Crippen LogP contribution in [0.5, 0.6) is 0 Å². The second-order valence-corrected chi connectivity index (χ2v) is 11.1. The highest BCUT2D eigenvalue weighted by Crippen LogP contribution is 2.37. The van der Waals surface area contributed by atoms with Gasteiger partial charge >= 0.3 is 0 Å². The van der Waals surface area contributed by atoms with E-state index in [0.717, 1.165) is 19.4 Å². The zero-order valence-corrected chi connectivity index (χ0v) is 12.3. The molecule has 1 unspecified atom stereocenters. The molecular formula is C13H26O2Si. The summed E-state index contributed by atoms with van der Waals surface area (Å²) >= 11 is 0. The smallest absolute Gasteiger partial charge is 0.192 e. The van der Waals surface area contributed by atoms with Crippen molar-refractivity contribution in [1.82, 2.24) is 0 Å². The van der Waals surface area contributed by atoms with E-state index in [0.29, 0.717) is 5.92 Å². The fraction of sp³-hybridized carbons (Fsp3) is 0.846. The monoisotopic (exact) mass is 242 g/mol. The van der Waals surface area contributed by atoms with Crippen LogP contribution in [-0.4, -0.2) is 26.6 Å². The Morgan fingerprint density at radius 3 is 2.56 bits per heavy atom. The highest BCUT2D eigenvalue weighted by molar-refractivity contribution is 6.74. The summed E-state index contributed by atoms with van der Waals surface area (Å²) in [5.74, 6) is 0.458. The predicted octanol–water partition coefficient (Wildman–Crippen LogP) is 3.34. The van der Waals surface area contributed by atoms with E-state index in [1.165, 1.54) is 5.57 Å². The number of hydrogen-bond donors (Lipinski definition) is 1. The number of allylic oxidation sites excluding steroid dienone is 1. The van der Waals surface area contributed by atoms with Crippen LogP contribution < -0.4 is 0 Å². The highest BCUT2D eigenvalue weighted by atomic mass is 28.4. The fourth-order valence-electron chi connectivity index (χ4n) is 1.73. The van der Waals surface area contributed by atoms with Crippen LogP contribution in [0.2, 0.25) is 18.1 Å². The molecule has 0 heterocycles. The molecule has 0 spiro atoms. The third-order valence-corrected chi connectivity index (χ3v) is 8.58. The Kier molecular flexibility index (Phi) is 4.38. The van der Waals surface area contributed by atoms with Gasteiger partial charge in [0.15, 0.2) is 8.32 Å². The Hall–Kier alpha value is -0.123. The first-order valence-corrected chi connectivity index (χ1v) is 9.12. The standard InChI is InChI=1S/C13H26O2Si/c1-13(2,3)16(4,5)15-10-12-8-6-7-11(12)9-14/h7,12,14H,6,8-10H2,1-5H3. The number of hydrogen-bond acceptors (Lipinski definition) is 2. The predicted molar refractivity (Wildman–Crippen MR) is 71.0 cm³/mol. The molecule has 0 aromatic rings. The van der Waals surface area contributed by atoms with Crippen molar-refractivity contribution in [3.05, 3.63) is 11.6 Å². The van der Waals surface area contributed by atoms with E-state index in [2.05, 4.69) is 39.9 Å². The van der Waals surface area contributed by atoms with Crippen LogP contribution >= 0.6 is 0 Å². The van der Waals surface area contributed by atoms with E-state index in [1.54, 1.807) is 0 Å². The molecular weight excluding hydrogens is 216 g/mol. The van der Waals surface area contributed by atoms with Crippen molar-refractivity contribution in [2.45, 2.75) is 51.7 Å². The summed E-state index contributed by atoms with van der Waals surface area (Å²) in [7, 11) is -1.62. The largest absolute Gasteiger partial charge is 0.416 e. The molecule has 3 heteroatoms. The van der Waals surface area contributed by atoms with Gasteiger partial charge in [-0.2, -0.15) is 0 Å². The van der Waals surface area contributed by atoms with E-state index >= 15 is 0 Å². The van der Waals surface area contributed by atoms with Crippen LogP contribution in [0.3, 0.4) is 0 Å². The van der Waals surface area contributed by atoms with Crippen molar-refractivity contribution in [3.63, 3.8) is 0 Å². The maximum absolute atomic E-state index is 9.21. The molecule has 0 amide bonds. The van der Waals surface area contributed by atoms with Crippen molar-refractivity contribution in [2.75, 3.05) is 13.2 Å². The molecule has 2 nitrogen and oxygen atoms in total. The Morgan fingerprint density at radius 1 is 1.44 bits per heavy atom.